The van der Waals surface area contributed by atoms with Crippen molar-refractivity contribution in [2.75, 3.05) is 19.7 Å². The third-order valence-electron chi connectivity index (χ3n) is 7.92. The number of hydrogen-bond acceptors (Lipinski definition) is 7. The Hall–Kier alpha value is -4.46. The maximum atomic E-state index is 13.2. The second-order valence-corrected chi connectivity index (χ2v) is 13.2. The van der Waals surface area contributed by atoms with Gasteiger partial charge in [-0.3, -0.25) is 14.4 Å². The number of carbonyl (C=O) groups excluding carboxylic acids is 4. The van der Waals surface area contributed by atoms with Crippen LogP contribution in [0.5, 0.6) is 11.5 Å². The van der Waals surface area contributed by atoms with E-state index in [2.05, 4.69) is 33.2 Å². The molecule has 0 radical (unpaired) electrons. The molecule has 254 valence electrons. The van der Waals surface area contributed by atoms with E-state index in [1.54, 1.807) is 53.4 Å². The lowest BCUT2D eigenvalue weighted by atomic mass is 9.89. The zero-order chi connectivity index (χ0) is 34.6. The van der Waals surface area contributed by atoms with Crippen LogP contribution in [-0.4, -0.2) is 71.4 Å². The zero-order valence-electron chi connectivity index (χ0n) is 26.9. The number of rotatable bonds is 14. The summed E-state index contributed by atoms with van der Waals surface area (Å²) in [4.78, 5) is 65.1. The first-order chi connectivity index (χ1) is 23.0. The highest BCUT2D eigenvalue weighted by atomic mass is 127. The van der Waals surface area contributed by atoms with Crippen LogP contribution in [0.15, 0.2) is 78.9 Å². The molecule has 48 heavy (non-hydrogen) atoms. The van der Waals surface area contributed by atoms with Gasteiger partial charge in [-0.2, -0.15) is 0 Å². The van der Waals surface area contributed by atoms with Gasteiger partial charge in [0.2, 0.25) is 5.91 Å². The lowest BCUT2D eigenvalue weighted by Crippen LogP contribution is -2.53. The van der Waals surface area contributed by atoms with Gasteiger partial charge in [-0.15, -0.1) is 0 Å². The van der Waals surface area contributed by atoms with Crippen LogP contribution in [0, 0.1) is 15.4 Å². The molecule has 3 amide bonds. The fourth-order valence-corrected chi connectivity index (χ4v) is 5.92. The van der Waals surface area contributed by atoms with E-state index in [4.69, 9.17) is 9.47 Å². The number of para-hydroxylation sites is 1. The molecular weight excluding hydrogens is 729 g/mol. The zero-order valence-corrected chi connectivity index (χ0v) is 29.1. The number of carbonyl (C=O) groups is 5. The fourth-order valence-electron chi connectivity index (χ4n) is 5.37. The van der Waals surface area contributed by atoms with Crippen molar-refractivity contribution in [3.05, 3.63) is 93.6 Å². The van der Waals surface area contributed by atoms with Crippen LogP contribution in [0.1, 0.15) is 49.0 Å². The normalized spacial score (nSPS) is 14.5. The van der Waals surface area contributed by atoms with Gasteiger partial charge in [-0.1, -0.05) is 68.4 Å². The number of carboxylic acid groups (broad SMARTS) is 1. The maximum absolute atomic E-state index is 13.2. The number of Topliss-reactive ketones (excluding diaryl/α,β-unsaturated/α-hetero) is 1. The molecule has 4 rings (SSSR count). The van der Waals surface area contributed by atoms with Crippen molar-refractivity contribution in [3.63, 3.8) is 0 Å². The summed E-state index contributed by atoms with van der Waals surface area (Å²) in [5, 5.41) is 15.1. The summed E-state index contributed by atoms with van der Waals surface area (Å²) in [5.74, 6) is -1.54. The number of ether oxygens (including phenoxy) is 2. The van der Waals surface area contributed by atoms with Crippen LogP contribution >= 0.6 is 22.6 Å². The van der Waals surface area contributed by atoms with E-state index >= 15 is 0 Å². The maximum Gasteiger partial charge on any atom is 0.415 e. The summed E-state index contributed by atoms with van der Waals surface area (Å²) < 4.78 is 12.0. The second kappa shape index (κ2) is 17.6. The highest BCUT2D eigenvalue weighted by Gasteiger charge is 2.30. The molecule has 0 bridgehead atoms. The number of nitrogens with zero attached hydrogens (tertiary/aromatic N) is 1. The number of piperidine rings is 1. The van der Waals surface area contributed by atoms with Gasteiger partial charge in [0.25, 0.3) is 5.91 Å². The Kier molecular flexibility index (Phi) is 13.4. The Morgan fingerprint density at radius 1 is 0.875 bits per heavy atom. The summed E-state index contributed by atoms with van der Waals surface area (Å²) in [7, 11) is 0. The third-order valence-corrected chi connectivity index (χ3v) is 8.81. The number of amides is 3. The molecular formula is C36H40IN3O8. The Bertz CT molecular complexity index is 1570. The van der Waals surface area contributed by atoms with Gasteiger partial charge >= 0.3 is 12.1 Å². The largest absolute Gasteiger partial charge is 0.483 e. The van der Waals surface area contributed by atoms with Gasteiger partial charge in [0.1, 0.15) is 23.6 Å². The first-order valence-electron chi connectivity index (χ1n) is 15.8. The first-order valence-corrected chi connectivity index (χ1v) is 16.9. The van der Waals surface area contributed by atoms with Crippen molar-refractivity contribution < 1.29 is 38.6 Å². The predicted octanol–water partition coefficient (Wildman–Crippen LogP) is 5.11. The predicted molar refractivity (Wildman–Crippen MR) is 187 cm³/mol. The van der Waals surface area contributed by atoms with Gasteiger partial charge < -0.3 is 30.1 Å². The van der Waals surface area contributed by atoms with Gasteiger partial charge in [-0.05, 0) is 77.6 Å². The van der Waals surface area contributed by atoms with Crippen LogP contribution in [-0.2, 0) is 20.8 Å². The highest BCUT2D eigenvalue weighted by molar-refractivity contribution is 14.1. The highest BCUT2D eigenvalue weighted by Crippen LogP contribution is 2.23. The van der Waals surface area contributed by atoms with E-state index < -0.39 is 36.0 Å². The van der Waals surface area contributed by atoms with Crippen molar-refractivity contribution in [1.82, 2.24) is 15.5 Å². The van der Waals surface area contributed by atoms with E-state index in [9.17, 15) is 29.1 Å². The lowest BCUT2D eigenvalue weighted by molar-refractivity contribution is -0.142. The molecule has 0 spiro atoms. The van der Waals surface area contributed by atoms with Crippen LogP contribution in [0.3, 0.4) is 0 Å². The van der Waals surface area contributed by atoms with E-state index in [0.29, 0.717) is 49.2 Å². The molecule has 1 heterocycles. The van der Waals surface area contributed by atoms with Crippen LogP contribution in [0.25, 0.3) is 0 Å². The van der Waals surface area contributed by atoms with Gasteiger partial charge in [0, 0.05) is 31.0 Å². The smallest absolute Gasteiger partial charge is 0.415 e. The summed E-state index contributed by atoms with van der Waals surface area (Å²) in [6.07, 6.45) is 0.842. The minimum absolute atomic E-state index is 0.0316. The number of likely N-dealkylation sites (tertiary alicyclic amines) is 1. The van der Waals surface area contributed by atoms with Crippen LogP contribution in [0.4, 0.5) is 4.79 Å². The topological polar surface area (TPSA) is 151 Å². The number of ketones is 1. The molecule has 3 aromatic carbocycles. The van der Waals surface area contributed by atoms with Gasteiger partial charge in [-0.25, -0.2) is 9.59 Å². The molecule has 0 aromatic heterocycles. The van der Waals surface area contributed by atoms with Crippen molar-refractivity contribution in [2.24, 2.45) is 11.8 Å². The second-order valence-electron chi connectivity index (χ2n) is 12.1. The average Bonchev–Trinajstić information content (AvgIpc) is 3.08. The van der Waals surface area contributed by atoms with E-state index in [1.165, 1.54) is 0 Å². The first kappa shape index (κ1) is 36.4. The van der Waals surface area contributed by atoms with E-state index in [0.717, 1.165) is 3.57 Å². The summed E-state index contributed by atoms with van der Waals surface area (Å²) in [6.45, 7) is 4.30. The molecule has 0 unspecified atom stereocenters. The minimum atomic E-state index is -1.26. The van der Waals surface area contributed by atoms with Gasteiger partial charge in [0.15, 0.2) is 12.4 Å². The van der Waals surface area contributed by atoms with E-state index in [1.807, 2.05) is 44.2 Å². The molecule has 3 aromatic rings. The summed E-state index contributed by atoms with van der Waals surface area (Å²) >= 11 is 2.10. The molecule has 3 N–H and O–H groups in total. The van der Waals surface area contributed by atoms with Crippen molar-refractivity contribution in [3.8, 4) is 11.5 Å². The third kappa shape index (κ3) is 10.8. The number of nitrogens with one attached hydrogen (secondary N) is 2. The van der Waals surface area contributed by atoms with Crippen LogP contribution in [0.2, 0.25) is 0 Å². The molecule has 1 aliphatic rings. The number of benzene rings is 3. The number of halogens is 1. The van der Waals surface area contributed by atoms with Gasteiger partial charge in [0.05, 0.1) is 3.57 Å². The fraction of sp³-hybridized carbons (Fsp3) is 0.361. The summed E-state index contributed by atoms with van der Waals surface area (Å²) in [5.41, 5.74) is 1.27. The van der Waals surface area contributed by atoms with Crippen LogP contribution < -0.4 is 20.1 Å². The minimum Gasteiger partial charge on any atom is -0.483 e. The number of aliphatic carboxylic acids is 1. The Morgan fingerprint density at radius 3 is 2.15 bits per heavy atom. The molecule has 12 heteroatoms. The van der Waals surface area contributed by atoms with Crippen molar-refractivity contribution in [1.29, 1.82) is 0 Å². The Labute approximate surface area is 293 Å². The standard InChI is InChI=1S/C36H40IN3O8/c1-23(2)20-29(38-32(41)22-47-31-11-7-6-10-28(31)37)34(43)39-30(35(44)45)21-24-12-14-27(15-13-24)48-36(46)40-18-16-26(17-19-40)33(42)25-8-4-3-5-9-25/h3-15,23,26,29-30H,16-22H2,1-2H3,(H,38,41)(H,39,43)(H,44,45)/t29-,30-/m0/s1. The Morgan fingerprint density at radius 2 is 1.52 bits per heavy atom. The SMILES string of the molecule is CC(C)C[C@H](NC(=O)COc1ccccc1I)C(=O)N[C@@H](Cc1ccc(OC(=O)N2CCC(C(=O)c3ccccc3)CC2)cc1)C(=O)O. The number of carboxylic acids is 1. The van der Waals surface area contributed by atoms with Crippen molar-refractivity contribution >= 4 is 52.3 Å². The molecule has 0 aliphatic carbocycles. The monoisotopic (exact) mass is 769 g/mol. The quantitative estimate of drug-likeness (QED) is 0.151. The molecule has 11 nitrogen and oxygen atoms in total. The molecule has 1 saturated heterocycles. The molecule has 1 aliphatic heterocycles. The molecule has 0 saturated carbocycles. The average molecular weight is 770 g/mol. The summed E-state index contributed by atoms with van der Waals surface area (Å²) in [6, 6.07) is 20.5. The molecule has 1 fully saturated rings. The molecule has 2 atom stereocenters. The van der Waals surface area contributed by atoms with Crippen molar-refractivity contribution in [2.45, 2.75) is 51.6 Å². The number of hydrogen-bond donors (Lipinski definition) is 3. The van der Waals surface area contributed by atoms with E-state index in [-0.39, 0.29) is 36.4 Å². The lowest BCUT2D eigenvalue weighted by Gasteiger charge is -2.30. The Balaban J connectivity index is 1.28.